The van der Waals surface area contributed by atoms with Gasteiger partial charge >= 0.3 is 12.1 Å². The third-order valence-electron chi connectivity index (χ3n) is 3.42. The number of rotatable bonds is 6. The van der Waals surface area contributed by atoms with Crippen LogP contribution in [0.4, 0.5) is 13.2 Å². The van der Waals surface area contributed by atoms with E-state index in [1.807, 2.05) is 0 Å². The molecule has 0 fully saturated rings. The summed E-state index contributed by atoms with van der Waals surface area (Å²) in [5.74, 6) is -2.04. The van der Waals surface area contributed by atoms with E-state index in [4.69, 9.17) is 5.11 Å². The van der Waals surface area contributed by atoms with E-state index in [1.165, 1.54) is 17.5 Å². The highest BCUT2D eigenvalue weighted by Crippen LogP contribution is 2.33. The number of carboxylic acids is 1. The first-order chi connectivity index (χ1) is 12.0. The standard InChI is InChI=1S/C16H15F3N2O4S/c1-15(25,14(23)24)8-20-12(22)6-11-7-26-13(21-11)9-3-2-4-10(5-9)16(17,18)19/h2-5,7,25H,6,8H2,1H3,(H,20,22)(H,23,24). The van der Waals surface area contributed by atoms with Gasteiger partial charge in [-0.15, -0.1) is 11.3 Å². The number of carbonyl (C=O) groups excluding carboxylic acids is 1. The number of aliphatic hydroxyl groups is 1. The normalized spacial score (nSPS) is 13.9. The first kappa shape index (κ1) is 19.9. The zero-order valence-corrected chi connectivity index (χ0v) is 14.3. The number of hydrogen-bond donors (Lipinski definition) is 3. The van der Waals surface area contributed by atoms with Crippen LogP contribution in [0.5, 0.6) is 0 Å². The molecule has 0 bridgehead atoms. The molecule has 1 atom stereocenters. The summed E-state index contributed by atoms with van der Waals surface area (Å²) < 4.78 is 38.3. The van der Waals surface area contributed by atoms with Crippen LogP contribution in [0.1, 0.15) is 18.2 Å². The van der Waals surface area contributed by atoms with Gasteiger partial charge in [-0.2, -0.15) is 13.2 Å². The maximum atomic E-state index is 12.8. The quantitative estimate of drug-likeness (QED) is 0.705. The van der Waals surface area contributed by atoms with E-state index in [-0.39, 0.29) is 12.0 Å². The number of alkyl halides is 3. The number of carboxylic acid groups (broad SMARTS) is 1. The van der Waals surface area contributed by atoms with Crippen LogP contribution in [-0.2, 0) is 22.2 Å². The Labute approximate surface area is 150 Å². The monoisotopic (exact) mass is 388 g/mol. The Hall–Kier alpha value is -2.46. The average Bonchev–Trinajstić information content (AvgIpc) is 3.01. The molecule has 2 rings (SSSR count). The fourth-order valence-corrected chi connectivity index (χ4v) is 2.74. The summed E-state index contributed by atoms with van der Waals surface area (Å²) in [7, 11) is 0. The van der Waals surface area contributed by atoms with Gasteiger partial charge in [0.2, 0.25) is 5.91 Å². The van der Waals surface area contributed by atoms with Gasteiger partial charge in [-0.05, 0) is 19.1 Å². The topological polar surface area (TPSA) is 99.5 Å². The van der Waals surface area contributed by atoms with Crippen LogP contribution in [0, 0.1) is 0 Å². The molecule has 2 aromatic rings. The van der Waals surface area contributed by atoms with Crippen LogP contribution in [0.15, 0.2) is 29.6 Å². The maximum Gasteiger partial charge on any atom is 0.416 e. The Bertz CT molecular complexity index is 818. The molecule has 0 saturated heterocycles. The van der Waals surface area contributed by atoms with Crippen LogP contribution in [0.2, 0.25) is 0 Å². The number of nitrogens with zero attached hydrogens (tertiary/aromatic N) is 1. The van der Waals surface area contributed by atoms with Crippen molar-refractivity contribution in [3.63, 3.8) is 0 Å². The van der Waals surface area contributed by atoms with Gasteiger partial charge in [0, 0.05) is 10.9 Å². The predicted octanol–water partition coefficient (Wildman–Crippen LogP) is 2.32. The van der Waals surface area contributed by atoms with Gasteiger partial charge in [-0.3, -0.25) is 4.79 Å². The second-order valence-corrected chi connectivity index (χ2v) is 6.61. The molecule has 0 radical (unpaired) electrons. The molecule has 3 N–H and O–H groups in total. The first-order valence-corrected chi connectivity index (χ1v) is 8.21. The van der Waals surface area contributed by atoms with Crippen molar-refractivity contribution in [2.24, 2.45) is 0 Å². The Kier molecular flexibility index (Phi) is 5.67. The minimum absolute atomic E-state index is 0.189. The number of halogens is 3. The van der Waals surface area contributed by atoms with E-state index in [0.29, 0.717) is 10.7 Å². The Balaban J connectivity index is 2.04. The lowest BCUT2D eigenvalue weighted by Crippen LogP contribution is -2.46. The van der Waals surface area contributed by atoms with E-state index >= 15 is 0 Å². The largest absolute Gasteiger partial charge is 0.479 e. The third-order valence-corrected chi connectivity index (χ3v) is 4.36. The van der Waals surface area contributed by atoms with Gasteiger partial charge < -0.3 is 15.5 Å². The lowest BCUT2D eigenvalue weighted by Gasteiger charge is -2.17. The second-order valence-electron chi connectivity index (χ2n) is 5.76. The van der Waals surface area contributed by atoms with Crippen LogP contribution >= 0.6 is 11.3 Å². The molecule has 10 heteroatoms. The van der Waals surface area contributed by atoms with E-state index in [2.05, 4.69) is 10.3 Å². The summed E-state index contributed by atoms with van der Waals surface area (Å²) >= 11 is 1.09. The third kappa shape index (κ3) is 5.02. The lowest BCUT2D eigenvalue weighted by atomic mass is 10.1. The highest BCUT2D eigenvalue weighted by atomic mass is 32.1. The number of carbonyl (C=O) groups is 2. The summed E-state index contributed by atoms with van der Waals surface area (Å²) in [6.45, 7) is 0.565. The number of hydrogen-bond acceptors (Lipinski definition) is 5. The average molecular weight is 388 g/mol. The van der Waals surface area contributed by atoms with Crippen molar-refractivity contribution in [2.45, 2.75) is 25.1 Å². The van der Waals surface area contributed by atoms with Crippen molar-refractivity contribution in [3.8, 4) is 10.6 Å². The number of aromatic nitrogens is 1. The fourth-order valence-electron chi connectivity index (χ4n) is 1.92. The van der Waals surface area contributed by atoms with E-state index in [9.17, 15) is 27.9 Å². The van der Waals surface area contributed by atoms with Crippen molar-refractivity contribution >= 4 is 23.2 Å². The van der Waals surface area contributed by atoms with Crippen molar-refractivity contribution in [1.29, 1.82) is 0 Å². The molecule has 0 spiro atoms. The number of benzene rings is 1. The number of nitrogens with one attached hydrogen (secondary N) is 1. The highest BCUT2D eigenvalue weighted by Gasteiger charge is 2.31. The van der Waals surface area contributed by atoms with Gasteiger partial charge in [0.1, 0.15) is 5.01 Å². The maximum absolute atomic E-state index is 12.8. The smallest absolute Gasteiger partial charge is 0.416 e. The van der Waals surface area contributed by atoms with Crippen molar-refractivity contribution in [2.75, 3.05) is 6.54 Å². The summed E-state index contributed by atoms with van der Waals surface area (Å²) in [6.07, 6.45) is -4.65. The van der Waals surface area contributed by atoms with Gasteiger partial charge in [-0.1, -0.05) is 12.1 Å². The molecule has 140 valence electrons. The summed E-state index contributed by atoms with van der Waals surface area (Å²) in [6, 6.07) is 4.70. The van der Waals surface area contributed by atoms with Crippen LogP contribution in [0.3, 0.4) is 0 Å². The Morgan fingerprint density at radius 1 is 1.31 bits per heavy atom. The predicted molar refractivity (Wildman–Crippen MR) is 87.5 cm³/mol. The minimum Gasteiger partial charge on any atom is -0.479 e. The van der Waals surface area contributed by atoms with Crippen molar-refractivity contribution < 1.29 is 33.0 Å². The molecule has 1 amide bonds. The molecule has 0 aliphatic carbocycles. The van der Waals surface area contributed by atoms with Crippen LogP contribution in [-0.4, -0.2) is 39.2 Å². The van der Waals surface area contributed by atoms with E-state index in [1.54, 1.807) is 0 Å². The molecular weight excluding hydrogens is 373 g/mol. The van der Waals surface area contributed by atoms with Gasteiger partial charge in [0.05, 0.1) is 24.2 Å². The molecule has 0 saturated carbocycles. The number of amides is 1. The molecule has 1 aromatic carbocycles. The summed E-state index contributed by atoms with van der Waals surface area (Å²) in [5, 5.41) is 22.4. The zero-order chi connectivity index (χ0) is 19.5. The lowest BCUT2D eigenvalue weighted by molar-refractivity contribution is -0.156. The highest BCUT2D eigenvalue weighted by molar-refractivity contribution is 7.13. The molecule has 26 heavy (non-hydrogen) atoms. The molecule has 1 aromatic heterocycles. The molecule has 1 heterocycles. The Morgan fingerprint density at radius 3 is 2.62 bits per heavy atom. The molecule has 6 nitrogen and oxygen atoms in total. The summed E-state index contributed by atoms with van der Waals surface area (Å²) in [5.41, 5.74) is -2.28. The minimum atomic E-state index is -4.46. The number of thiazole rings is 1. The van der Waals surface area contributed by atoms with Gasteiger partial charge in [0.25, 0.3) is 0 Å². The molecule has 1 unspecified atom stereocenters. The number of aliphatic carboxylic acids is 1. The van der Waals surface area contributed by atoms with E-state index in [0.717, 1.165) is 30.4 Å². The van der Waals surface area contributed by atoms with Crippen molar-refractivity contribution in [1.82, 2.24) is 10.3 Å². The van der Waals surface area contributed by atoms with Gasteiger partial charge in [-0.25, -0.2) is 9.78 Å². The van der Waals surface area contributed by atoms with Crippen LogP contribution < -0.4 is 5.32 Å². The first-order valence-electron chi connectivity index (χ1n) is 7.33. The second kappa shape index (κ2) is 7.42. The van der Waals surface area contributed by atoms with E-state index < -0.39 is 35.8 Å². The Morgan fingerprint density at radius 2 is 2.00 bits per heavy atom. The molecule has 0 aliphatic rings. The molecule has 0 aliphatic heterocycles. The zero-order valence-electron chi connectivity index (χ0n) is 13.5. The fraction of sp³-hybridized carbons (Fsp3) is 0.312. The van der Waals surface area contributed by atoms with Crippen LogP contribution in [0.25, 0.3) is 10.6 Å². The SMILES string of the molecule is CC(O)(CNC(=O)Cc1csc(-c2cccc(C(F)(F)F)c2)n1)C(=O)O. The molecular formula is C16H15F3N2O4S. The van der Waals surface area contributed by atoms with Crippen molar-refractivity contribution in [3.05, 3.63) is 40.9 Å². The van der Waals surface area contributed by atoms with Gasteiger partial charge in [0.15, 0.2) is 5.60 Å². The summed E-state index contributed by atoms with van der Waals surface area (Å²) in [4.78, 5) is 26.7.